The highest BCUT2D eigenvalue weighted by atomic mass is 32.2. The number of fused-ring (bicyclic) bond motifs is 1. The summed E-state index contributed by atoms with van der Waals surface area (Å²) in [6, 6.07) is 9.88. The molecule has 87 heavy (non-hydrogen) atoms. The molecule has 0 aliphatic heterocycles. The first kappa shape index (κ1) is 64.7. The zero-order valence-corrected chi connectivity index (χ0v) is 47.9. The predicted octanol–water partition coefficient (Wildman–Crippen LogP) is 5.29. The highest BCUT2D eigenvalue weighted by molar-refractivity contribution is 7.94. The van der Waals surface area contributed by atoms with E-state index in [-0.39, 0.29) is 76.8 Å². The lowest BCUT2D eigenvalue weighted by atomic mass is 10.1. The van der Waals surface area contributed by atoms with Gasteiger partial charge >= 0.3 is 24.2 Å². The van der Waals surface area contributed by atoms with Crippen molar-refractivity contribution in [2.45, 2.75) is 45.4 Å². The van der Waals surface area contributed by atoms with Gasteiger partial charge in [0, 0.05) is 46.9 Å². The van der Waals surface area contributed by atoms with Gasteiger partial charge in [0.05, 0.1) is 33.4 Å². The Balaban J connectivity index is 1.04. The molecule has 16 N–H and O–H groups in total. The highest BCUT2D eigenvalue weighted by Gasteiger charge is 2.26. The second kappa shape index (κ2) is 25.8. The van der Waals surface area contributed by atoms with Crippen molar-refractivity contribution < 1.29 is 83.5 Å². The van der Waals surface area contributed by atoms with Crippen LogP contribution in [-0.4, -0.2) is 127 Å². The average molecular weight is 1310 g/mol. The van der Waals surface area contributed by atoms with Crippen LogP contribution in [0.1, 0.15) is 19.8 Å². The van der Waals surface area contributed by atoms with E-state index in [4.69, 9.17) is 11.5 Å². The molecule has 7 rings (SSSR count). The van der Waals surface area contributed by atoms with E-state index in [0.29, 0.717) is 18.2 Å². The molecule has 460 valence electrons. The second-order valence-corrected chi connectivity index (χ2v) is 25.4. The molecule has 35 nitrogen and oxygen atoms in total. The Hall–Kier alpha value is -9.82. The smallest absolute Gasteiger partial charge is 0.316 e. The number of nitrogens with one attached hydrogen (secondary N) is 8. The molecule has 0 radical (unpaired) electrons. The minimum Gasteiger partial charge on any atom is -0.353 e. The molecule has 5 aromatic carbocycles. The van der Waals surface area contributed by atoms with Gasteiger partial charge in [-0.05, 0) is 97.6 Å². The molecule has 0 saturated carbocycles. The highest BCUT2D eigenvalue weighted by Crippen LogP contribution is 2.39. The standard InChI is InChI=1S/C45H44F2N18O17S5/c1-3-83(69,70)12-4-5-37(66)52-23-8-11-34(85(74,75)76)33(17-23)65-64-29-10-7-25(16-31(29)57-41(49)68)54-45-61-39(47)59-43(63-45)51-21(2)20-50-42-58-38(46)60-44(62-42)53-24-6-9-28(30(15-24)56-40(48)67)55-32-19-27-22(14-36(32)87(80,81)82)13-26(84(71,72)73)18-35(27)86(77,78)79/h3,6-11,13-19,21,55H,1,4-5,12,20H2,2H3,(H,52,66)(H3,48,56,67)(H3,49,57,68)(H,71,72,73)(H,74,75,76)(H,77,78,79)(H,80,81,82)(H2,50,53,58,60,62)(H2,51,54,59,61,63). The lowest BCUT2D eigenvalue weighted by molar-refractivity contribution is -0.116. The number of anilines is 11. The first-order valence-corrected chi connectivity index (χ1v) is 31.3. The van der Waals surface area contributed by atoms with E-state index >= 15 is 0 Å². The number of azo groups is 1. The van der Waals surface area contributed by atoms with Gasteiger partial charge in [-0.25, -0.2) is 18.0 Å². The Morgan fingerprint density at radius 1 is 0.575 bits per heavy atom. The van der Waals surface area contributed by atoms with Crippen LogP contribution in [0.25, 0.3) is 10.8 Å². The summed E-state index contributed by atoms with van der Waals surface area (Å²) >= 11 is 0. The Morgan fingerprint density at radius 2 is 1.13 bits per heavy atom. The molecule has 0 aliphatic carbocycles. The normalized spacial score (nSPS) is 12.4. The average Bonchev–Trinajstić information content (AvgIpc) is 0.832. The van der Waals surface area contributed by atoms with E-state index in [1.165, 1.54) is 30.3 Å². The maximum atomic E-state index is 14.9. The first-order chi connectivity index (χ1) is 40.5. The minimum atomic E-state index is -5.28. The van der Waals surface area contributed by atoms with Gasteiger partial charge in [-0.15, -0.1) is 10.2 Å². The largest absolute Gasteiger partial charge is 0.353 e. The molecule has 0 fully saturated rings. The van der Waals surface area contributed by atoms with Crippen LogP contribution in [0.5, 0.6) is 0 Å². The molecular formula is C45H44F2N18O17S5. The van der Waals surface area contributed by atoms with E-state index in [2.05, 4.69) is 89.2 Å². The Bertz CT molecular complexity index is 4570. The number of carbonyl (C=O) groups excluding carboxylic acids is 3. The van der Waals surface area contributed by atoms with Crippen molar-refractivity contribution in [3.63, 3.8) is 0 Å². The summed E-state index contributed by atoms with van der Waals surface area (Å²) in [7, 11) is -24.2. The summed E-state index contributed by atoms with van der Waals surface area (Å²) in [4.78, 5) is 55.4. The summed E-state index contributed by atoms with van der Waals surface area (Å²) in [6.45, 7) is 4.60. The number of aromatic nitrogens is 6. The van der Waals surface area contributed by atoms with Crippen molar-refractivity contribution in [2.75, 3.05) is 54.8 Å². The molecule has 0 aliphatic rings. The number of benzene rings is 5. The summed E-state index contributed by atoms with van der Waals surface area (Å²) < 4.78 is 191. The molecule has 1 unspecified atom stereocenters. The van der Waals surface area contributed by atoms with E-state index < -0.39 is 140 Å². The molecule has 2 heterocycles. The number of halogens is 2. The fourth-order valence-electron chi connectivity index (χ4n) is 7.52. The fourth-order valence-corrected chi connectivity index (χ4v) is 10.8. The molecule has 7 aromatic rings. The van der Waals surface area contributed by atoms with Crippen molar-refractivity contribution in [2.24, 2.45) is 21.7 Å². The third-order valence-electron chi connectivity index (χ3n) is 11.2. The van der Waals surface area contributed by atoms with Crippen LogP contribution in [0, 0.1) is 12.2 Å². The Morgan fingerprint density at radius 3 is 1.72 bits per heavy atom. The zero-order chi connectivity index (χ0) is 64.0. The van der Waals surface area contributed by atoms with Crippen LogP contribution in [0.4, 0.5) is 93.3 Å². The van der Waals surface area contributed by atoms with Crippen LogP contribution in [0.2, 0.25) is 0 Å². The van der Waals surface area contributed by atoms with Gasteiger partial charge in [-0.2, -0.15) is 72.4 Å². The van der Waals surface area contributed by atoms with Crippen LogP contribution in [0.3, 0.4) is 0 Å². The number of urea groups is 2. The van der Waals surface area contributed by atoms with E-state index in [0.717, 1.165) is 35.7 Å². The van der Waals surface area contributed by atoms with Gasteiger partial charge in [-0.1, -0.05) is 6.58 Å². The number of rotatable bonds is 25. The molecule has 0 spiro atoms. The number of primary amides is 2. The molecule has 1 atom stereocenters. The third kappa shape index (κ3) is 17.9. The summed E-state index contributed by atoms with van der Waals surface area (Å²) in [5.74, 6) is -2.56. The van der Waals surface area contributed by atoms with Gasteiger partial charge in [-0.3, -0.25) is 23.0 Å². The van der Waals surface area contributed by atoms with Crippen molar-refractivity contribution in [1.82, 2.24) is 29.9 Å². The SMILES string of the molecule is C=CS(=O)(=O)CCCC(=O)Nc1ccc(S(=O)(=O)O)c(N=Nc2ccc(Nc3nc(F)nc(NC(C)CNc4nc(F)nc(Nc5ccc(Nc6cc7c(S(=O)(=O)O)cc(S(=O)(=O)O)cc7cc6S(=O)(=O)O)c(NC(N)=O)c5)n4)n3)cc2NC(N)=O)c1. The zero-order valence-electron chi connectivity index (χ0n) is 43.8. The number of amides is 5. The molecular weight excluding hydrogens is 1260 g/mol. The van der Waals surface area contributed by atoms with Crippen LogP contribution >= 0.6 is 0 Å². The second-order valence-electron chi connectivity index (χ2n) is 17.7. The minimum absolute atomic E-state index is 0.00486. The quantitative estimate of drug-likeness (QED) is 0.0255. The Labute approximate surface area is 490 Å². The number of sulfone groups is 1. The lowest BCUT2D eigenvalue weighted by Crippen LogP contribution is -2.27. The number of nitrogens with two attached hydrogens (primary N) is 2. The van der Waals surface area contributed by atoms with E-state index in [9.17, 15) is 83.5 Å². The maximum Gasteiger partial charge on any atom is 0.316 e. The first-order valence-electron chi connectivity index (χ1n) is 23.8. The van der Waals surface area contributed by atoms with Crippen LogP contribution in [0.15, 0.2) is 121 Å². The third-order valence-corrected chi connectivity index (χ3v) is 16.1. The Kier molecular flexibility index (Phi) is 19.2. The maximum absolute atomic E-state index is 14.9. The van der Waals surface area contributed by atoms with Crippen LogP contribution in [-0.2, 0) is 55.1 Å². The van der Waals surface area contributed by atoms with E-state index in [1.54, 1.807) is 6.92 Å². The number of carbonyl (C=O) groups is 3. The summed E-state index contributed by atoms with van der Waals surface area (Å²) in [5.41, 5.74) is 8.92. The number of hydrogen-bond acceptors (Lipinski definition) is 26. The molecule has 5 amide bonds. The van der Waals surface area contributed by atoms with Crippen molar-refractivity contribution in [1.29, 1.82) is 0 Å². The van der Waals surface area contributed by atoms with Gasteiger partial charge < -0.3 is 54.0 Å². The lowest BCUT2D eigenvalue weighted by Gasteiger charge is -2.18. The molecule has 0 saturated heterocycles. The molecule has 42 heteroatoms. The van der Waals surface area contributed by atoms with Crippen molar-refractivity contribution in [3.8, 4) is 0 Å². The molecule has 2 aromatic heterocycles. The van der Waals surface area contributed by atoms with Crippen molar-refractivity contribution in [3.05, 3.63) is 103 Å². The summed E-state index contributed by atoms with van der Waals surface area (Å²) in [5, 5.41) is 28.1. The van der Waals surface area contributed by atoms with Crippen LogP contribution < -0.4 is 54.0 Å². The molecule has 0 bridgehead atoms. The van der Waals surface area contributed by atoms with Gasteiger partial charge in [0.1, 0.15) is 26.1 Å². The van der Waals surface area contributed by atoms with E-state index in [1.807, 2.05) is 0 Å². The van der Waals surface area contributed by atoms with Gasteiger partial charge in [0.15, 0.2) is 9.84 Å². The fraction of sp³-hybridized carbons (Fsp3) is 0.133. The van der Waals surface area contributed by atoms with Gasteiger partial charge in [0.2, 0.25) is 29.7 Å². The van der Waals surface area contributed by atoms with Gasteiger partial charge in [0.25, 0.3) is 40.5 Å². The number of nitrogens with zero attached hydrogens (tertiary/aromatic N) is 8. The monoisotopic (exact) mass is 1310 g/mol. The number of hydrogen-bond donors (Lipinski definition) is 14. The summed E-state index contributed by atoms with van der Waals surface area (Å²) in [6.07, 6.45) is -2.92. The topological polar surface area (TPSA) is 553 Å². The van der Waals surface area contributed by atoms with Crippen molar-refractivity contribution >= 4 is 154 Å². The predicted molar refractivity (Wildman–Crippen MR) is 306 cm³/mol.